The summed E-state index contributed by atoms with van der Waals surface area (Å²) < 4.78 is 0. The summed E-state index contributed by atoms with van der Waals surface area (Å²) in [6.07, 6.45) is 3.95. The van der Waals surface area contributed by atoms with Gasteiger partial charge in [-0.2, -0.15) is 0 Å². The summed E-state index contributed by atoms with van der Waals surface area (Å²) in [4.78, 5) is 19.8. The Balaban J connectivity index is 1.13. The molecule has 2 aliphatic rings. The lowest BCUT2D eigenvalue weighted by Gasteiger charge is -2.34. The zero-order valence-electron chi connectivity index (χ0n) is 19.6. The summed E-state index contributed by atoms with van der Waals surface area (Å²) in [6, 6.07) is 15.0. The second-order valence-corrected chi connectivity index (χ2v) is 10.5. The Hall–Kier alpha value is -2.45. The van der Waals surface area contributed by atoms with Crippen molar-refractivity contribution in [2.24, 2.45) is 0 Å². The van der Waals surface area contributed by atoms with Gasteiger partial charge < -0.3 is 20.6 Å². The Bertz CT molecular complexity index is 1180. The number of aliphatic hydroxyl groups is 1. The fraction of sp³-hybridized carbons (Fsp3) is 0.407. The van der Waals surface area contributed by atoms with Gasteiger partial charge in [0.1, 0.15) is 0 Å². The molecule has 1 atom stereocenters. The number of hydrogen-bond acceptors (Lipinski definition) is 6. The van der Waals surface area contributed by atoms with Gasteiger partial charge in [-0.05, 0) is 74.3 Å². The summed E-state index contributed by atoms with van der Waals surface area (Å²) in [5, 5.41) is 18.8. The first-order valence-electron chi connectivity index (χ1n) is 12.1. The zero-order valence-corrected chi connectivity index (χ0v) is 20.4. The number of fused-ring (bicyclic) bond motifs is 2. The molecule has 2 aromatic carbocycles. The molecule has 0 spiro atoms. The Labute approximate surface area is 205 Å². The monoisotopic (exact) mass is 476 g/mol. The van der Waals surface area contributed by atoms with E-state index in [1.54, 1.807) is 18.0 Å². The van der Waals surface area contributed by atoms with Gasteiger partial charge >= 0.3 is 0 Å². The minimum Gasteiger partial charge on any atom is -0.387 e. The van der Waals surface area contributed by atoms with E-state index in [1.807, 2.05) is 12.1 Å². The van der Waals surface area contributed by atoms with E-state index in [0.29, 0.717) is 19.0 Å². The number of likely N-dealkylation sites (tertiary alicyclic amines) is 1. The number of β-amino-alcohol motifs (C(OH)–C–C–N with tert-alkyl or cyclic N) is 1. The number of carbonyl (C=O) groups excluding carboxylic acids is 1. The third-order valence-electron chi connectivity index (χ3n) is 6.81. The molecule has 0 aliphatic carbocycles. The van der Waals surface area contributed by atoms with E-state index >= 15 is 0 Å². The first kappa shape index (κ1) is 23.3. The van der Waals surface area contributed by atoms with Crippen LogP contribution in [0.2, 0.25) is 0 Å². The molecule has 178 valence electrons. The first-order chi connectivity index (χ1) is 16.5. The van der Waals surface area contributed by atoms with Gasteiger partial charge in [0.05, 0.1) is 17.3 Å². The number of benzene rings is 2. The fourth-order valence-electron chi connectivity index (χ4n) is 4.87. The second kappa shape index (κ2) is 10.4. The van der Waals surface area contributed by atoms with Gasteiger partial charge in [-0.3, -0.25) is 9.78 Å². The molecule has 7 heteroatoms. The van der Waals surface area contributed by atoms with Gasteiger partial charge in [0.15, 0.2) is 0 Å². The van der Waals surface area contributed by atoms with Crippen LogP contribution >= 0.6 is 11.8 Å². The molecular weight excluding hydrogens is 444 g/mol. The highest BCUT2D eigenvalue weighted by molar-refractivity contribution is 7.99. The highest BCUT2D eigenvalue weighted by Crippen LogP contribution is 2.31. The third kappa shape index (κ3) is 5.44. The van der Waals surface area contributed by atoms with Crippen LogP contribution in [0.25, 0.3) is 10.9 Å². The molecule has 34 heavy (non-hydrogen) atoms. The Morgan fingerprint density at radius 1 is 1.21 bits per heavy atom. The number of nitrogens with zero attached hydrogens (tertiary/aromatic N) is 2. The van der Waals surface area contributed by atoms with Crippen LogP contribution in [0, 0.1) is 6.92 Å². The van der Waals surface area contributed by atoms with E-state index in [9.17, 15) is 9.90 Å². The van der Waals surface area contributed by atoms with Gasteiger partial charge in [0.25, 0.3) is 0 Å². The molecule has 2 aliphatic heterocycles. The largest absolute Gasteiger partial charge is 0.387 e. The van der Waals surface area contributed by atoms with Crippen LogP contribution in [0.4, 0.5) is 5.69 Å². The molecule has 6 nitrogen and oxygen atoms in total. The maximum atomic E-state index is 11.9. The van der Waals surface area contributed by atoms with Crippen LogP contribution in [-0.2, 0) is 11.3 Å². The number of nitrogens with one attached hydrogen (secondary N) is 2. The molecule has 0 bridgehead atoms. The van der Waals surface area contributed by atoms with E-state index in [1.165, 1.54) is 11.1 Å². The number of piperidine rings is 1. The van der Waals surface area contributed by atoms with Crippen LogP contribution in [0.3, 0.4) is 0 Å². The number of hydrogen-bond donors (Lipinski definition) is 3. The molecule has 1 fully saturated rings. The summed E-state index contributed by atoms with van der Waals surface area (Å²) in [7, 11) is 0. The molecule has 1 aromatic heterocycles. The van der Waals surface area contributed by atoms with Crippen LogP contribution in [-0.4, -0.2) is 52.3 Å². The van der Waals surface area contributed by atoms with Gasteiger partial charge in [-0.15, -0.1) is 11.8 Å². The topological polar surface area (TPSA) is 77.5 Å². The molecule has 3 aromatic rings. The van der Waals surface area contributed by atoms with E-state index in [0.717, 1.165) is 65.3 Å². The van der Waals surface area contributed by atoms with Crippen molar-refractivity contribution in [1.29, 1.82) is 0 Å². The number of carbonyl (C=O) groups is 1. The standard InChI is InChI=1S/C27H32N4O2S/c1-18-2-4-23-22(14-18)21(6-10-28-23)25(32)17-31-11-7-20(8-12-31)29-16-19-3-5-26-24(15-19)30-27(33)9-13-34-26/h2-6,10,14-15,20,25,29,32H,7-9,11-13,16-17H2,1H3,(H,30,33)/t25-/m0/s1. The lowest BCUT2D eigenvalue weighted by atomic mass is 10.00. The molecule has 5 rings (SSSR count). The van der Waals surface area contributed by atoms with Gasteiger partial charge in [0, 0.05) is 47.8 Å². The number of rotatable bonds is 6. The highest BCUT2D eigenvalue weighted by atomic mass is 32.2. The summed E-state index contributed by atoms with van der Waals surface area (Å²) >= 11 is 1.74. The van der Waals surface area contributed by atoms with Gasteiger partial charge in [-0.25, -0.2) is 0 Å². The van der Waals surface area contributed by atoms with E-state index in [4.69, 9.17) is 0 Å². The maximum absolute atomic E-state index is 11.9. The third-order valence-corrected chi connectivity index (χ3v) is 7.88. The number of thioether (sulfide) groups is 1. The van der Waals surface area contributed by atoms with Crippen molar-refractivity contribution in [2.75, 3.05) is 30.7 Å². The molecule has 1 saturated heterocycles. The minimum absolute atomic E-state index is 0.0980. The average molecular weight is 477 g/mol. The minimum atomic E-state index is -0.524. The lowest BCUT2D eigenvalue weighted by molar-refractivity contribution is -0.115. The molecule has 0 unspecified atom stereocenters. The normalized spacial score (nSPS) is 18.4. The number of aliphatic hydroxyl groups excluding tert-OH is 1. The summed E-state index contributed by atoms with van der Waals surface area (Å²) in [6.45, 7) is 5.44. The van der Waals surface area contributed by atoms with E-state index in [-0.39, 0.29) is 5.91 Å². The first-order valence-corrected chi connectivity index (χ1v) is 13.1. The number of anilines is 1. The predicted octanol–water partition coefficient (Wildman–Crippen LogP) is 4.27. The smallest absolute Gasteiger partial charge is 0.225 e. The van der Waals surface area contributed by atoms with E-state index < -0.39 is 6.10 Å². The Morgan fingerprint density at radius 3 is 2.91 bits per heavy atom. The molecule has 0 radical (unpaired) electrons. The molecule has 0 saturated carbocycles. The van der Waals surface area contributed by atoms with Crippen molar-refractivity contribution >= 4 is 34.3 Å². The van der Waals surface area contributed by atoms with Gasteiger partial charge in [0.2, 0.25) is 5.91 Å². The van der Waals surface area contributed by atoms with E-state index in [2.05, 4.69) is 57.8 Å². The summed E-state index contributed by atoms with van der Waals surface area (Å²) in [5.74, 6) is 0.932. The maximum Gasteiger partial charge on any atom is 0.225 e. The second-order valence-electron chi connectivity index (χ2n) is 9.37. The summed E-state index contributed by atoms with van der Waals surface area (Å²) in [5.41, 5.74) is 5.20. The van der Waals surface area contributed by atoms with Crippen LogP contribution in [0.5, 0.6) is 0 Å². The van der Waals surface area contributed by atoms with Crippen molar-refractivity contribution in [2.45, 2.75) is 49.8 Å². The predicted molar refractivity (Wildman–Crippen MR) is 138 cm³/mol. The quantitative estimate of drug-likeness (QED) is 0.493. The fourth-order valence-corrected chi connectivity index (χ4v) is 5.81. The van der Waals surface area contributed by atoms with Crippen molar-refractivity contribution < 1.29 is 9.90 Å². The molecule has 3 heterocycles. The van der Waals surface area contributed by atoms with Crippen LogP contribution in [0.15, 0.2) is 53.6 Å². The van der Waals surface area contributed by atoms with Crippen molar-refractivity contribution in [3.05, 3.63) is 65.4 Å². The Morgan fingerprint density at radius 2 is 2.06 bits per heavy atom. The van der Waals surface area contributed by atoms with Crippen molar-refractivity contribution in [3.8, 4) is 0 Å². The lowest BCUT2D eigenvalue weighted by Crippen LogP contribution is -2.43. The van der Waals surface area contributed by atoms with Crippen LogP contribution in [0.1, 0.15) is 42.1 Å². The zero-order chi connectivity index (χ0) is 23.5. The Kier molecular flexibility index (Phi) is 7.15. The highest BCUT2D eigenvalue weighted by Gasteiger charge is 2.22. The number of aromatic nitrogens is 1. The van der Waals surface area contributed by atoms with Crippen molar-refractivity contribution in [1.82, 2.24) is 15.2 Å². The van der Waals surface area contributed by atoms with Crippen LogP contribution < -0.4 is 10.6 Å². The van der Waals surface area contributed by atoms with Gasteiger partial charge in [-0.1, -0.05) is 17.7 Å². The number of pyridine rings is 1. The molecule has 1 amide bonds. The SMILES string of the molecule is Cc1ccc2nccc([C@@H](O)CN3CCC(NCc4ccc5c(c4)NC(=O)CCS5)CC3)c2c1. The molecular formula is C27H32N4O2S. The van der Waals surface area contributed by atoms with Crippen molar-refractivity contribution in [3.63, 3.8) is 0 Å². The number of aryl methyl sites for hydroxylation is 1. The average Bonchev–Trinajstić information content (AvgIpc) is 3.03. The molecule has 3 N–H and O–H groups in total. The number of amides is 1.